The van der Waals surface area contributed by atoms with Crippen molar-refractivity contribution >= 4 is 11.3 Å². The van der Waals surface area contributed by atoms with E-state index < -0.39 is 0 Å². The van der Waals surface area contributed by atoms with Gasteiger partial charge in [0, 0.05) is 4.88 Å². The van der Waals surface area contributed by atoms with Gasteiger partial charge in [0.1, 0.15) is 0 Å². The van der Waals surface area contributed by atoms with Gasteiger partial charge in [-0.15, -0.1) is 11.3 Å². The largest absolute Gasteiger partial charge is 0.393 e. The second kappa shape index (κ2) is 3.81. The Morgan fingerprint density at radius 1 is 1.46 bits per heavy atom. The van der Waals surface area contributed by atoms with E-state index in [1.54, 1.807) is 0 Å². The fourth-order valence-corrected chi connectivity index (χ4v) is 2.93. The lowest BCUT2D eigenvalue weighted by atomic mass is 9.84. The minimum Gasteiger partial charge on any atom is -0.393 e. The van der Waals surface area contributed by atoms with Crippen LogP contribution >= 0.6 is 11.3 Å². The fraction of sp³-hybridized carbons (Fsp3) is 0.636. The number of aryl methyl sites for hydroxylation is 1. The maximum atomic E-state index is 9.55. The van der Waals surface area contributed by atoms with Gasteiger partial charge in [-0.3, -0.25) is 0 Å². The molecule has 0 saturated heterocycles. The summed E-state index contributed by atoms with van der Waals surface area (Å²) in [5.41, 5.74) is 1.45. The van der Waals surface area contributed by atoms with E-state index in [0.29, 0.717) is 5.92 Å². The Labute approximate surface area is 83.4 Å². The zero-order chi connectivity index (χ0) is 9.26. The molecular formula is C11H16OS. The van der Waals surface area contributed by atoms with E-state index in [1.807, 2.05) is 11.3 Å². The topological polar surface area (TPSA) is 20.2 Å². The van der Waals surface area contributed by atoms with Crippen molar-refractivity contribution in [2.75, 3.05) is 0 Å². The van der Waals surface area contributed by atoms with Crippen LogP contribution in [0.15, 0.2) is 11.4 Å². The predicted molar refractivity (Wildman–Crippen MR) is 56.3 cm³/mol. The minimum atomic E-state index is -0.0565. The molecule has 0 spiro atoms. The second-order valence-electron chi connectivity index (χ2n) is 4.01. The van der Waals surface area contributed by atoms with Gasteiger partial charge >= 0.3 is 0 Å². The summed E-state index contributed by atoms with van der Waals surface area (Å²) in [4.78, 5) is 1.38. The van der Waals surface area contributed by atoms with Crippen molar-refractivity contribution in [1.82, 2.24) is 0 Å². The Kier molecular flexibility index (Phi) is 2.70. The molecule has 2 heteroatoms. The Bertz CT molecular complexity index is 279. The van der Waals surface area contributed by atoms with Gasteiger partial charge in [0.2, 0.25) is 0 Å². The lowest BCUT2D eigenvalue weighted by Gasteiger charge is -2.25. The van der Waals surface area contributed by atoms with Gasteiger partial charge in [-0.05, 0) is 49.1 Å². The molecule has 0 aliphatic heterocycles. The molecule has 13 heavy (non-hydrogen) atoms. The highest BCUT2D eigenvalue weighted by molar-refractivity contribution is 7.10. The summed E-state index contributed by atoms with van der Waals surface area (Å²) in [5, 5.41) is 11.8. The molecule has 1 fully saturated rings. The van der Waals surface area contributed by atoms with Crippen molar-refractivity contribution < 1.29 is 5.11 Å². The third-order valence-corrected chi connectivity index (χ3v) is 3.75. The van der Waals surface area contributed by atoms with E-state index in [-0.39, 0.29) is 6.10 Å². The molecule has 0 bridgehead atoms. The van der Waals surface area contributed by atoms with E-state index in [0.717, 1.165) is 12.8 Å². The molecule has 0 radical (unpaired) electrons. The third kappa shape index (κ3) is 2.12. The van der Waals surface area contributed by atoms with E-state index in [1.165, 1.54) is 23.3 Å². The van der Waals surface area contributed by atoms with Gasteiger partial charge in [0.25, 0.3) is 0 Å². The number of aliphatic hydroxyl groups is 1. The normalized spacial score (nSPS) is 29.1. The molecule has 2 atom stereocenters. The lowest BCUT2D eigenvalue weighted by Crippen LogP contribution is -2.17. The monoisotopic (exact) mass is 196 g/mol. The van der Waals surface area contributed by atoms with Crippen molar-refractivity contribution in [3.8, 4) is 0 Å². The van der Waals surface area contributed by atoms with Crippen molar-refractivity contribution in [1.29, 1.82) is 0 Å². The first kappa shape index (κ1) is 9.22. The summed E-state index contributed by atoms with van der Waals surface area (Å²) in [5.74, 6) is 0.619. The molecule has 1 saturated carbocycles. The Balaban J connectivity index is 2.08. The van der Waals surface area contributed by atoms with Crippen LogP contribution < -0.4 is 0 Å². The predicted octanol–water partition coefficient (Wildman–Crippen LogP) is 3.08. The molecule has 1 aliphatic rings. The van der Waals surface area contributed by atoms with Gasteiger partial charge in [0.15, 0.2) is 0 Å². The van der Waals surface area contributed by atoms with Crippen molar-refractivity contribution in [2.45, 2.75) is 44.6 Å². The number of thiophene rings is 1. The summed E-state index contributed by atoms with van der Waals surface area (Å²) in [6.45, 7) is 2.15. The zero-order valence-electron chi connectivity index (χ0n) is 7.99. The summed E-state index contributed by atoms with van der Waals surface area (Å²) in [6, 6.07) is 2.27. The van der Waals surface area contributed by atoms with Crippen LogP contribution in [0.4, 0.5) is 0 Å². The van der Waals surface area contributed by atoms with Crippen LogP contribution in [0.2, 0.25) is 0 Å². The number of hydrogen-bond acceptors (Lipinski definition) is 2. The molecule has 1 aromatic rings. The van der Waals surface area contributed by atoms with Crippen molar-refractivity contribution in [3.63, 3.8) is 0 Å². The van der Waals surface area contributed by atoms with Crippen LogP contribution in [0.25, 0.3) is 0 Å². The molecule has 2 unspecified atom stereocenters. The summed E-state index contributed by atoms with van der Waals surface area (Å²) in [7, 11) is 0. The molecule has 0 amide bonds. The van der Waals surface area contributed by atoms with Crippen LogP contribution in [0.5, 0.6) is 0 Å². The van der Waals surface area contributed by atoms with E-state index >= 15 is 0 Å². The highest BCUT2D eigenvalue weighted by Crippen LogP contribution is 2.34. The molecule has 1 aromatic heterocycles. The summed E-state index contributed by atoms with van der Waals surface area (Å²) in [6.07, 6.45) is 4.35. The maximum Gasteiger partial charge on any atom is 0.0546 e. The van der Waals surface area contributed by atoms with E-state index in [4.69, 9.17) is 0 Å². The summed E-state index contributed by atoms with van der Waals surface area (Å²) < 4.78 is 0. The van der Waals surface area contributed by atoms with Crippen LogP contribution in [0.1, 0.15) is 42.0 Å². The van der Waals surface area contributed by atoms with Gasteiger partial charge in [-0.1, -0.05) is 6.42 Å². The standard InChI is InChI=1S/C11H16OS/c1-8-5-10(7-13-8)9-3-2-4-11(12)6-9/h5,7,9,11-12H,2-4,6H2,1H3. The van der Waals surface area contributed by atoms with Crippen molar-refractivity contribution in [2.24, 2.45) is 0 Å². The van der Waals surface area contributed by atoms with Gasteiger partial charge < -0.3 is 5.11 Å². The molecule has 1 N–H and O–H groups in total. The van der Waals surface area contributed by atoms with Crippen LogP contribution in [-0.4, -0.2) is 11.2 Å². The van der Waals surface area contributed by atoms with Crippen molar-refractivity contribution in [3.05, 3.63) is 21.9 Å². The Morgan fingerprint density at radius 2 is 2.31 bits per heavy atom. The quantitative estimate of drug-likeness (QED) is 0.732. The first-order valence-electron chi connectivity index (χ1n) is 4.99. The van der Waals surface area contributed by atoms with Crippen LogP contribution in [0, 0.1) is 6.92 Å². The van der Waals surface area contributed by atoms with E-state index in [2.05, 4.69) is 18.4 Å². The second-order valence-corrected chi connectivity index (χ2v) is 5.12. The molecule has 0 aromatic carbocycles. The van der Waals surface area contributed by atoms with Gasteiger partial charge in [-0.2, -0.15) is 0 Å². The van der Waals surface area contributed by atoms with E-state index in [9.17, 15) is 5.11 Å². The first-order valence-corrected chi connectivity index (χ1v) is 5.87. The SMILES string of the molecule is Cc1cc(C2CCCC(O)C2)cs1. The molecule has 1 heterocycles. The number of rotatable bonds is 1. The Morgan fingerprint density at radius 3 is 2.92 bits per heavy atom. The molecule has 2 rings (SSSR count). The average Bonchev–Trinajstić information content (AvgIpc) is 2.52. The highest BCUT2D eigenvalue weighted by atomic mass is 32.1. The molecular weight excluding hydrogens is 180 g/mol. The zero-order valence-corrected chi connectivity index (χ0v) is 8.81. The minimum absolute atomic E-state index is 0.0565. The fourth-order valence-electron chi connectivity index (χ4n) is 2.14. The summed E-state index contributed by atoms with van der Waals surface area (Å²) >= 11 is 1.82. The highest BCUT2D eigenvalue weighted by Gasteiger charge is 2.21. The third-order valence-electron chi connectivity index (χ3n) is 2.87. The maximum absolute atomic E-state index is 9.55. The molecule has 1 aliphatic carbocycles. The molecule has 72 valence electrons. The smallest absolute Gasteiger partial charge is 0.0546 e. The molecule has 1 nitrogen and oxygen atoms in total. The number of aliphatic hydroxyl groups excluding tert-OH is 1. The van der Waals surface area contributed by atoms with Gasteiger partial charge in [0.05, 0.1) is 6.10 Å². The Hall–Kier alpha value is -0.340. The average molecular weight is 196 g/mol. The van der Waals surface area contributed by atoms with Gasteiger partial charge in [-0.25, -0.2) is 0 Å². The first-order chi connectivity index (χ1) is 6.25. The lowest BCUT2D eigenvalue weighted by molar-refractivity contribution is 0.119. The number of hydrogen-bond donors (Lipinski definition) is 1. The van der Waals surface area contributed by atoms with Crippen LogP contribution in [-0.2, 0) is 0 Å². The van der Waals surface area contributed by atoms with Crippen LogP contribution in [0.3, 0.4) is 0 Å².